The number of carbonyl (C=O) groups excluding carboxylic acids is 1. The van der Waals surface area contributed by atoms with Gasteiger partial charge in [0.1, 0.15) is 12.4 Å². The van der Waals surface area contributed by atoms with Crippen molar-refractivity contribution in [2.24, 2.45) is 0 Å². The topological polar surface area (TPSA) is 95.9 Å². The zero-order valence-corrected chi connectivity index (χ0v) is 9.05. The molecule has 1 amide bonds. The lowest BCUT2D eigenvalue weighted by atomic mass is 10.2. The molecule has 0 aliphatic carbocycles. The van der Waals surface area contributed by atoms with Gasteiger partial charge in [0.15, 0.2) is 0 Å². The van der Waals surface area contributed by atoms with E-state index >= 15 is 0 Å². The Morgan fingerprint density at radius 3 is 2.47 bits per heavy atom. The highest BCUT2D eigenvalue weighted by Gasteiger charge is 2.04. The van der Waals surface area contributed by atoms with Crippen molar-refractivity contribution in [3.05, 3.63) is 29.8 Å². The number of phenolic OH excluding ortho intramolecular Hbond substituents is 1. The summed E-state index contributed by atoms with van der Waals surface area (Å²) < 4.78 is 4.75. The van der Waals surface area contributed by atoms with Crippen LogP contribution >= 0.6 is 0 Å². The first kappa shape index (κ1) is 13.0. The van der Waals surface area contributed by atoms with E-state index in [2.05, 4.69) is 5.32 Å². The van der Waals surface area contributed by atoms with Crippen LogP contribution in [0.4, 0.5) is 0 Å². The molecule has 17 heavy (non-hydrogen) atoms. The minimum absolute atomic E-state index is 0.0892. The van der Waals surface area contributed by atoms with Crippen molar-refractivity contribution >= 4 is 11.9 Å². The SMILES string of the molecule is O=C(O)COCCNC(=O)c1ccc(O)cc1. The molecular weight excluding hydrogens is 226 g/mol. The first-order chi connectivity index (χ1) is 8.09. The number of hydrogen-bond donors (Lipinski definition) is 3. The molecule has 0 unspecified atom stereocenters. The molecule has 0 fully saturated rings. The summed E-state index contributed by atoms with van der Waals surface area (Å²) in [5, 5.41) is 19.9. The van der Waals surface area contributed by atoms with Crippen molar-refractivity contribution in [3.8, 4) is 5.75 Å². The molecule has 0 saturated heterocycles. The largest absolute Gasteiger partial charge is 0.508 e. The lowest BCUT2D eigenvalue weighted by Crippen LogP contribution is -2.27. The summed E-state index contributed by atoms with van der Waals surface area (Å²) >= 11 is 0. The normalized spacial score (nSPS) is 9.88. The standard InChI is InChI=1S/C11H13NO5/c13-9-3-1-8(2-4-9)11(16)12-5-6-17-7-10(14)15/h1-4,13H,5-7H2,(H,12,16)(H,14,15). The molecule has 3 N–H and O–H groups in total. The Bertz CT molecular complexity index is 387. The van der Waals surface area contributed by atoms with Gasteiger partial charge in [0.2, 0.25) is 0 Å². The summed E-state index contributed by atoms with van der Waals surface area (Å²) in [4.78, 5) is 21.6. The van der Waals surface area contributed by atoms with E-state index in [9.17, 15) is 9.59 Å². The van der Waals surface area contributed by atoms with Crippen LogP contribution in [0, 0.1) is 0 Å². The maximum Gasteiger partial charge on any atom is 0.329 e. The molecule has 0 aliphatic heterocycles. The summed E-state index contributed by atoms with van der Waals surface area (Å²) in [6.07, 6.45) is 0. The Kier molecular flexibility index (Phi) is 4.96. The number of benzene rings is 1. The predicted octanol–water partition coefficient (Wildman–Crippen LogP) is 0.223. The molecule has 0 bridgehead atoms. The summed E-state index contributed by atoms with van der Waals surface area (Å²) in [6, 6.07) is 5.80. The van der Waals surface area contributed by atoms with E-state index in [1.807, 2.05) is 0 Å². The second-order valence-electron chi connectivity index (χ2n) is 3.25. The van der Waals surface area contributed by atoms with Crippen LogP contribution in [0.3, 0.4) is 0 Å². The quantitative estimate of drug-likeness (QED) is 0.617. The van der Waals surface area contributed by atoms with E-state index < -0.39 is 5.97 Å². The molecule has 0 saturated carbocycles. The van der Waals surface area contributed by atoms with Gasteiger partial charge in [0.25, 0.3) is 5.91 Å². The maximum absolute atomic E-state index is 11.5. The van der Waals surface area contributed by atoms with Crippen LogP contribution in [-0.4, -0.2) is 41.8 Å². The fraction of sp³-hybridized carbons (Fsp3) is 0.273. The summed E-state index contributed by atoms with van der Waals surface area (Å²) in [5.74, 6) is -1.26. The highest BCUT2D eigenvalue weighted by molar-refractivity contribution is 5.94. The van der Waals surface area contributed by atoms with Gasteiger partial charge in [-0.15, -0.1) is 0 Å². The van der Waals surface area contributed by atoms with Crippen molar-refractivity contribution in [2.75, 3.05) is 19.8 Å². The zero-order chi connectivity index (χ0) is 12.7. The van der Waals surface area contributed by atoms with Gasteiger partial charge >= 0.3 is 5.97 Å². The fourth-order valence-corrected chi connectivity index (χ4v) is 1.11. The van der Waals surface area contributed by atoms with Gasteiger partial charge in [-0.05, 0) is 24.3 Å². The Labute approximate surface area is 97.8 Å². The van der Waals surface area contributed by atoms with Gasteiger partial charge in [0.05, 0.1) is 6.61 Å². The van der Waals surface area contributed by atoms with Gasteiger partial charge < -0.3 is 20.3 Å². The van der Waals surface area contributed by atoms with Crippen molar-refractivity contribution in [2.45, 2.75) is 0 Å². The lowest BCUT2D eigenvalue weighted by Gasteiger charge is -2.05. The highest BCUT2D eigenvalue weighted by Crippen LogP contribution is 2.09. The zero-order valence-electron chi connectivity index (χ0n) is 9.05. The first-order valence-corrected chi connectivity index (χ1v) is 4.96. The number of rotatable bonds is 6. The van der Waals surface area contributed by atoms with Gasteiger partial charge in [-0.1, -0.05) is 0 Å². The third-order valence-electron chi connectivity index (χ3n) is 1.89. The lowest BCUT2D eigenvalue weighted by molar-refractivity contribution is -0.142. The predicted molar refractivity (Wildman–Crippen MR) is 58.9 cm³/mol. The van der Waals surface area contributed by atoms with Gasteiger partial charge in [0, 0.05) is 12.1 Å². The molecule has 1 aromatic rings. The van der Waals surface area contributed by atoms with Crippen molar-refractivity contribution in [3.63, 3.8) is 0 Å². The van der Waals surface area contributed by atoms with Crippen LogP contribution in [0.5, 0.6) is 5.75 Å². The molecule has 0 radical (unpaired) electrons. The Morgan fingerprint density at radius 2 is 1.88 bits per heavy atom. The molecule has 1 rings (SSSR count). The average Bonchev–Trinajstić information content (AvgIpc) is 2.29. The van der Waals surface area contributed by atoms with Gasteiger partial charge in [-0.25, -0.2) is 4.79 Å². The molecule has 6 nitrogen and oxygen atoms in total. The monoisotopic (exact) mass is 239 g/mol. The molecule has 6 heteroatoms. The van der Waals surface area contributed by atoms with Crippen molar-refractivity contribution in [1.82, 2.24) is 5.32 Å². The second kappa shape index (κ2) is 6.49. The molecular formula is C11H13NO5. The first-order valence-electron chi connectivity index (χ1n) is 4.96. The third kappa shape index (κ3) is 4.98. The highest BCUT2D eigenvalue weighted by atomic mass is 16.5. The van der Waals surface area contributed by atoms with Crippen LogP contribution in [0.15, 0.2) is 24.3 Å². The Hall–Kier alpha value is -2.08. The number of carboxylic acid groups (broad SMARTS) is 1. The molecule has 0 spiro atoms. The van der Waals surface area contributed by atoms with Crippen molar-refractivity contribution < 1.29 is 24.5 Å². The van der Waals surface area contributed by atoms with E-state index in [4.69, 9.17) is 14.9 Å². The van der Waals surface area contributed by atoms with Crippen LogP contribution in [0.2, 0.25) is 0 Å². The molecule has 1 aromatic carbocycles. The van der Waals surface area contributed by atoms with E-state index in [-0.39, 0.29) is 31.4 Å². The number of aliphatic carboxylic acids is 1. The summed E-state index contributed by atoms with van der Waals surface area (Å²) in [7, 11) is 0. The molecule has 0 heterocycles. The fourth-order valence-electron chi connectivity index (χ4n) is 1.11. The Morgan fingerprint density at radius 1 is 1.24 bits per heavy atom. The average molecular weight is 239 g/mol. The van der Waals surface area contributed by atoms with Crippen molar-refractivity contribution in [1.29, 1.82) is 0 Å². The number of phenols is 1. The number of ether oxygens (including phenoxy) is 1. The molecule has 0 aliphatic rings. The smallest absolute Gasteiger partial charge is 0.329 e. The van der Waals surface area contributed by atoms with Gasteiger partial charge in [-0.3, -0.25) is 4.79 Å². The van der Waals surface area contributed by atoms with Crippen LogP contribution in [-0.2, 0) is 9.53 Å². The molecule has 0 aromatic heterocycles. The molecule has 0 atom stereocenters. The number of nitrogens with one attached hydrogen (secondary N) is 1. The summed E-state index contributed by atoms with van der Waals surface area (Å²) in [5.41, 5.74) is 0.418. The van der Waals surface area contributed by atoms with Gasteiger partial charge in [-0.2, -0.15) is 0 Å². The van der Waals surface area contributed by atoms with Crippen LogP contribution < -0.4 is 5.32 Å². The van der Waals surface area contributed by atoms with E-state index in [0.717, 1.165) is 0 Å². The maximum atomic E-state index is 11.5. The number of carbonyl (C=O) groups is 2. The Balaban J connectivity index is 2.25. The number of amides is 1. The minimum Gasteiger partial charge on any atom is -0.508 e. The number of hydrogen-bond acceptors (Lipinski definition) is 4. The van der Waals surface area contributed by atoms with Crippen LogP contribution in [0.1, 0.15) is 10.4 Å². The molecule has 92 valence electrons. The van der Waals surface area contributed by atoms with E-state index in [0.29, 0.717) is 5.56 Å². The number of aromatic hydroxyl groups is 1. The number of carboxylic acids is 1. The summed E-state index contributed by atoms with van der Waals surface area (Å²) in [6.45, 7) is -0.0157. The van der Waals surface area contributed by atoms with E-state index in [1.54, 1.807) is 0 Å². The minimum atomic E-state index is -1.05. The van der Waals surface area contributed by atoms with E-state index in [1.165, 1.54) is 24.3 Å². The van der Waals surface area contributed by atoms with Crippen LogP contribution in [0.25, 0.3) is 0 Å². The second-order valence-corrected chi connectivity index (χ2v) is 3.25. The third-order valence-corrected chi connectivity index (χ3v) is 1.89.